The smallest absolute Gasteiger partial charge is 0.248 e. The van der Waals surface area contributed by atoms with Gasteiger partial charge < -0.3 is 14.8 Å². The normalized spacial score (nSPS) is 12.6. The van der Waals surface area contributed by atoms with Crippen LogP contribution in [0.5, 0.6) is 5.75 Å². The number of aliphatic hydroxyl groups is 1. The summed E-state index contributed by atoms with van der Waals surface area (Å²) in [4.78, 5) is 13.3. The Labute approximate surface area is 88.9 Å². The largest absolute Gasteiger partial charge is 0.483 e. The minimum atomic E-state index is -0.969. The summed E-state index contributed by atoms with van der Waals surface area (Å²) in [7, 11) is 0. The maximum atomic E-state index is 10.8. The third-order valence-electron chi connectivity index (χ3n) is 2.60. The van der Waals surface area contributed by atoms with Crippen molar-refractivity contribution in [1.29, 1.82) is 0 Å². The maximum Gasteiger partial charge on any atom is 0.248 e. The Morgan fingerprint density at radius 2 is 1.87 bits per heavy atom. The lowest BCUT2D eigenvalue weighted by molar-refractivity contribution is -0.0908. The van der Waals surface area contributed by atoms with E-state index in [1.54, 1.807) is 33.8 Å². The second-order valence-corrected chi connectivity index (χ2v) is 4.56. The number of ether oxygens (including phenoxy) is 1. The summed E-state index contributed by atoms with van der Waals surface area (Å²) >= 11 is 0. The maximum absolute atomic E-state index is 10.8. The molecule has 1 aromatic heterocycles. The van der Waals surface area contributed by atoms with Crippen LogP contribution in [0, 0.1) is 0 Å². The molecule has 0 fully saturated rings. The van der Waals surface area contributed by atoms with Gasteiger partial charge in [-0.15, -0.1) is 0 Å². The molecule has 0 saturated heterocycles. The first-order chi connectivity index (χ1) is 6.72. The number of rotatable bonds is 3. The molecule has 2 N–H and O–H groups in total. The molecule has 0 aliphatic rings. The first-order valence-electron chi connectivity index (χ1n) is 4.82. The van der Waals surface area contributed by atoms with E-state index < -0.39 is 11.2 Å². The Hall–Kier alpha value is -1.29. The third-order valence-corrected chi connectivity index (χ3v) is 2.60. The highest BCUT2D eigenvalue weighted by molar-refractivity contribution is 5.17. The van der Waals surface area contributed by atoms with Crippen molar-refractivity contribution in [2.75, 3.05) is 0 Å². The number of hydrogen-bond donors (Lipinski definition) is 2. The van der Waals surface area contributed by atoms with Crippen molar-refractivity contribution in [2.45, 2.75) is 38.9 Å². The molecule has 4 heteroatoms. The fraction of sp³-hybridized carbons (Fsp3) is 0.545. The predicted octanol–water partition coefficient (Wildman–Crippen LogP) is 1.30. The van der Waals surface area contributed by atoms with E-state index in [0.717, 1.165) is 0 Å². The fourth-order valence-electron chi connectivity index (χ4n) is 0.879. The first kappa shape index (κ1) is 11.8. The molecule has 0 saturated carbocycles. The van der Waals surface area contributed by atoms with Gasteiger partial charge in [0, 0.05) is 12.3 Å². The zero-order chi connectivity index (χ0) is 11.7. The zero-order valence-electron chi connectivity index (χ0n) is 9.50. The van der Waals surface area contributed by atoms with Crippen LogP contribution in [0.3, 0.4) is 0 Å². The highest BCUT2D eigenvalue weighted by Crippen LogP contribution is 2.26. The second-order valence-electron chi connectivity index (χ2n) is 4.56. The van der Waals surface area contributed by atoms with Crippen molar-refractivity contribution in [3.8, 4) is 5.75 Å². The second kappa shape index (κ2) is 3.70. The molecule has 0 radical (unpaired) electrons. The summed E-state index contributed by atoms with van der Waals surface area (Å²) < 4.78 is 5.60. The van der Waals surface area contributed by atoms with Crippen molar-refractivity contribution >= 4 is 0 Å². The van der Waals surface area contributed by atoms with Gasteiger partial charge in [0.05, 0.1) is 5.60 Å². The summed E-state index contributed by atoms with van der Waals surface area (Å²) in [6, 6.07) is 2.96. The van der Waals surface area contributed by atoms with Crippen LogP contribution < -0.4 is 10.3 Å². The molecular formula is C11H17NO3. The van der Waals surface area contributed by atoms with Crippen LogP contribution in [-0.2, 0) is 0 Å². The fourth-order valence-corrected chi connectivity index (χ4v) is 0.879. The van der Waals surface area contributed by atoms with Gasteiger partial charge in [-0.1, -0.05) is 0 Å². The summed E-state index contributed by atoms with van der Waals surface area (Å²) in [5.41, 5.74) is -1.88. The van der Waals surface area contributed by atoms with E-state index in [2.05, 4.69) is 4.98 Å². The molecule has 1 rings (SSSR count). The lowest BCUT2D eigenvalue weighted by atomic mass is 9.89. The highest BCUT2D eigenvalue weighted by Gasteiger charge is 2.37. The molecular weight excluding hydrogens is 194 g/mol. The van der Waals surface area contributed by atoms with Crippen LogP contribution in [-0.4, -0.2) is 21.3 Å². The monoisotopic (exact) mass is 211 g/mol. The van der Waals surface area contributed by atoms with Crippen molar-refractivity contribution in [2.24, 2.45) is 0 Å². The van der Waals surface area contributed by atoms with Gasteiger partial charge in [-0.2, -0.15) is 0 Å². The van der Waals surface area contributed by atoms with Crippen LogP contribution in [0.15, 0.2) is 23.1 Å². The van der Waals surface area contributed by atoms with E-state index in [0.29, 0.717) is 5.75 Å². The quantitative estimate of drug-likeness (QED) is 0.792. The molecule has 0 spiro atoms. The predicted molar refractivity (Wildman–Crippen MR) is 58.1 cm³/mol. The Morgan fingerprint density at radius 1 is 1.27 bits per heavy atom. The molecule has 15 heavy (non-hydrogen) atoms. The molecule has 1 heterocycles. The van der Waals surface area contributed by atoms with Gasteiger partial charge in [0.25, 0.3) is 0 Å². The van der Waals surface area contributed by atoms with Gasteiger partial charge in [-0.25, -0.2) is 0 Å². The highest BCUT2D eigenvalue weighted by atomic mass is 16.5. The summed E-state index contributed by atoms with van der Waals surface area (Å²) in [6.07, 6.45) is 1.48. The molecule has 0 amide bonds. The Morgan fingerprint density at radius 3 is 2.27 bits per heavy atom. The molecule has 0 aliphatic carbocycles. The van der Waals surface area contributed by atoms with E-state index in [1.165, 1.54) is 12.3 Å². The lowest BCUT2D eigenvalue weighted by Crippen LogP contribution is -2.49. The average molecular weight is 211 g/mol. The lowest BCUT2D eigenvalue weighted by Gasteiger charge is -2.37. The van der Waals surface area contributed by atoms with E-state index in [9.17, 15) is 9.90 Å². The van der Waals surface area contributed by atoms with Crippen molar-refractivity contribution < 1.29 is 9.84 Å². The number of pyridine rings is 1. The van der Waals surface area contributed by atoms with Gasteiger partial charge in [-0.05, 0) is 33.8 Å². The van der Waals surface area contributed by atoms with Crippen LogP contribution >= 0.6 is 0 Å². The van der Waals surface area contributed by atoms with Gasteiger partial charge in [0.1, 0.15) is 11.4 Å². The molecule has 0 aromatic carbocycles. The van der Waals surface area contributed by atoms with Gasteiger partial charge in [0.2, 0.25) is 5.56 Å². The van der Waals surface area contributed by atoms with E-state index in [1.807, 2.05) is 0 Å². The van der Waals surface area contributed by atoms with Crippen LogP contribution in [0.1, 0.15) is 27.7 Å². The molecule has 0 atom stereocenters. The zero-order valence-corrected chi connectivity index (χ0v) is 9.50. The van der Waals surface area contributed by atoms with Crippen molar-refractivity contribution in [3.05, 3.63) is 28.7 Å². The van der Waals surface area contributed by atoms with Crippen LogP contribution in [0.4, 0.5) is 0 Å². The summed E-state index contributed by atoms with van der Waals surface area (Å²) in [5, 5.41) is 9.86. The minimum Gasteiger partial charge on any atom is -0.483 e. The molecule has 0 bridgehead atoms. The average Bonchev–Trinajstić information content (AvgIpc) is 2.06. The number of hydrogen-bond acceptors (Lipinski definition) is 3. The molecule has 0 unspecified atom stereocenters. The standard InChI is InChI=1S/C11H17NO3/c1-10(2,14)11(3,4)15-8-5-6-9(13)12-7-8/h5-7,14H,1-4H3,(H,12,13). The van der Waals surface area contributed by atoms with Gasteiger partial charge in [-0.3, -0.25) is 4.79 Å². The summed E-state index contributed by atoms with van der Waals surface area (Å²) in [6.45, 7) is 6.94. The molecule has 1 aromatic rings. The van der Waals surface area contributed by atoms with Crippen LogP contribution in [0.25, 0.3) is 0 Å². The van der Waals surface area contributed by atoms with Crippen LogP contribution in [0.2, 0.25) is 0 Å². The Balaban J connectivity index is 2.87. The topological polar surface area (TPSA) is 62.3 Å². The number of H-pyrrole nitrogens is 1. The third kappa shape index (κ3) is 2.83. The minimum absolute atomic E-state index is 0.177. The van der Waals surface area contributed by atoms with E-state index >= 15 is 0 Å². The summed E-state index contributed by atoms with van der Waals surface area (Å²) in [5.74, 6) is 0.529. The first-order valence-corrected chi connectivity index (χ1v) is 4.82. The van der Waals surface area contributed by atoms with E-state index in [4.69, 9.17) is 4.74 Å². The van der Waals surface area contributed by atoms with E-state index in [-0.39, 0.29) is 5.56 Å². The SMILES string of the molecule is CC(C)(O)C(C)(C)Oc1ccc(=O)[nH]c1. The Kier molecular flexibility index (Phi) is 2.90. The number of aromatic nitrogens is 1. The molecule has 4 nitrogen and oxygen atoms in total. The van der Waals surface area contributed by atoms with Gasteiger partial charge in [0.15, 0.2) is 0 Å². The van der Waals surface area contributed by atoms with Crippen molar-refractivity contribution in [3.63, 3.8) is 0 Å². The molecule has 84 valence electrons. The number of aromatic amines is 1. The van der Waals surface area contributed by atoms with Gasteiger partial charge >= 0.3 is 0 Å². The molecule has 0 aliphatic heterocycles. The number of nitrogens with one attached hydrogen (secondary N) is 1. The van der Waals surface area contributed by atoms with Crippen molar-refractivity contribution in [1.82, 2.24) is 4.98 Å². The Bertz CT molecular complexity index is 367.